The molecule has 0 aromatic heterocycles. The SMILES string of the molecule is CC(C)(C)OC(=O)NCC(=O)Nc1cccc([N+](=O)[O-])c1. The number of hydrogen-bond acceptors (Lipinski definition) is 5. The fourth-order valence-corrected chi connectivity index (χ4v) is 1.37. The molecule has 0 radical (unpaired) electrons. The van der Waals surface area contributed by atoms with E-state index in [9.17, 15) is 19.7 Å². The first kappa shape index (κ1) is 16.4. The van der Waals surface area contributed by atoms with E-state index in [0.29, 0.717) is 0 Å². The monoisotopic (exact) mass is 295 g/mol. The van der Waals surface area contributed by atoms with Crippen LogP contribution in [0, 0.1) is 10.1 Å². The minimum absolute atomic E-state index is 0.132. The summed E-state index contributed by atoms with van der Waals surface area (Å²) >= 11 is 0. The fraction of sp³-hybridized carbons (Fsp3) is 0.385. The Morgan fingerprint density at radius 3 is 2.57 bits per heavy atom. The summed E-state index contributed by atoms with van der Waals surface area (Å²) in [6.45, 7) is 4.82. The number of amides is 2. The van der Waals surface area contributed by atoms with Gasteiger partial charge in [-0.15, -0.1) is 0 Å². The van der Waals surface area contributed by atoms with Gasteiger partial charge in [0.05, 0.1) is 4.92 Å². The van der Waals surface area contributed by atoms with Gasteiger partial charge in [-0.3, -0.25) is 14.9 Å². The number of benzene rings is 1. The molecule has 1 rings (SSSR count). The van der Waals surface area contributed by atoms with Crippen LogP contribution in [0.5, 0.6) is 0 Å². The number of non-ortho nitro benzene ring substituents is 1. The molecule has 0 fully saturated rings. The lowest BCUT2D eigenvalue weighted by atomic mass is 10.2. The molecule has 0 saturated heterocycles. The smallest absolute Gasteiger partial charge is 0.408 e. The summed E-state index contributed by atoms with van der Waals surface area (Å²) in [6, 6.07) is 5.51. The van der Waals surface area contributed by atoms with Gasteiger partial charge < -0.3 is 15.4 Å². The third-order valence-corrected chi connectivity index (χ3v) is 2.13. The number of ether oxygens (including phenoxy) is 1. The van der Waals surface area contributed by atoms with Gasteiger partial charge in [-0.05, 0) is 26.8 Å². The summed E-state index contributed by atoms with van der Waals surface area (Å²) in [7, 11) is 0. The number of rotatable bonds is 4. The van der Waals surface area contributed by atoms with Crippen molar-refractivity contribution in [2.75, 3.05) is 11.9 Å². The Hall–Kier alpha value is -2.64. The van der Waals surface area contributed by atoms with Crippen LogP contribution in [0.2, 0.25) is 0 Å². The summed E-state index contributed by atoms with van der Waals surface area (Å²) < 4.78 is 4.97. The lowest BCUT2D eigenvalue weighted by Crippen LogP contribution is -2.37. The zero-order valence-electron chi connectivity index (χ0n) is 12.0. The third kappa shape index (κ3) is 6.37. The van der Waals surface area contributed by atoms with Gasteiger partial charge in [-0.2, -0.15) is 0 Å². The molecule has 0 unspecified atom stereocenters. The Morgan fingerprint density at radius 1 is 1.33 bits per heavy atom. The van der Waals surface area contributed by atoms with E-state index in [1.165, 1.54) is 24.3 Å². The standard InChI is InChI=1S/C13H17N3O5/c1-13(2,3)21-12(18)14-8-11(17)15-9-5-4-6-10(7-9)16(19)20/h4-7H,8H2,1-3H3,(H,14,18)(H,15,17). The Balaban J connectivity index is 2.49. The van der Waals surface area contributed by atoms with E-state index >= 15 is 0 Å². The van der Waals surface area contributed by atoms with Gasteiger partial charge in [-0.1, -0.05) is 6.07 Å². The van der Waals surface area contributed by atoms with Crippen LogP contribution in [0.15, 0.2) is 24.3 Å². The van der Waals surface area contributed by atoms with Crippen molar-refractivity contribution in [2.45, 2.75) is 26.4 Å². The Morgan fingerprint density at radius 2 is 2.00 bits per heavy atom. The third-order valence-electron chi connectivity index (χ3n) is 2.13. The summed E-state index contributed by atoms with van der Waals surface area (Å²) in [4.78, 5) is 33.0. The second kappa shape index (κ2) is 6.69. The second-order valence-electron chi connectivity index (χ2n) is 5.21. The molecule has 0 atom stereocenters. The molecule has 2 N–H and O–H groups in total. The Labute approximate surface area is 121 Å². The highest BCUT2D eigenvalue weighted by Crippen LogP contribution is 2.16. The van der Waals surface area contributed by atoms with Crippen LogP contribution < -0.4 is 10.6 Å². The minimum Gasteiger partial charge on any atom is -0.444 e. The lowest BCUT2D eigenvalue weighted by Gasteiger charge is -2.19. The molecule has 114 valence electrons. The van der Waals surface area contributed by atoms with E-state index in [0.717, 1.165) is 0 Å². The maximum Gasteiger partial charge on any atom is 0.408 e. The molecule has 0 aliphatic rings. The zero-order chi connectivity index (χ0) is 16.0. The molecular formula is C13H17N3O5. The van der Waals surface area contributed by atoms with Crippen molar-refractivity contribution < 1.29 is 19.2 Å². The van der Waals surface area contributed by atoms with E-state index in [2.05, 4.69) is 10.6 Å². The molecule has 0 heterocycles. The molecule has 0 aliphatic heterocycles. The number of nitro groups is 1. The number of anilines is 1. The molecule has 0 bridgehead atoms. The predicted molar refractivity (Wildman–Crippen MR) is 76.0 cm³/mol. The quantitative estimate of drug-likeness (QED) is 0.652. The number of carbonyl (C=O) groups is 2. The average molecular weight is 295 g/mol. The summed E-state index contributed by atoms with van der Waals surface area (Å²) in [5.41, 5.74) is -0.506. The van der Waals surface area contributed by atoms with Crippen molar-refractivity contribution in [3.8, 4) is 0 Å². The Kier molecular flexibility index (Phi) is 5.23. The highest BCUT2D eigenvalue weighted by atomic mass is 16.6. The van der Waals surface area contributed by atoms with Gasteiger partial charge in [-0.25, -0.2) is 4.79 Å². The van der Waals surface area contributed by atoms with Crippen molar-refractivity contribution in [1.82, 2.24) is 5.32 Å². The highest BCUT2D eigenvalue weighted by molar-refractivity contribution is 5.94. The topological polar surface area (TPSA) is 111 Å². The summed E-state index contributed by atoms with van der Waals surface area (Å²) in [5, 5.41) is 15.3. The molecule has 1 aromatic rings. The molecular weight excluding hydrogens is 278 g/mol. The molecule has 0 saturated carbocycles. The van der Waals surface area contributed by atoms with E-state index in [1.54, 1.807) is 20.8 Å². The van der Waals surface area contributed by atoms with Gasteiger partial charge in [0.25, 0.3) is 5.69 Å². The van der Waals surface area contributed by atoms with Crippen LogP contribution in [-0.2, 0) is 9.53 Å². The highest BCUT2D eigenvalue weighted by Gasteiger charge is 2.16. The molecule has 0 spiro atoms. The maximum absolute atomic E-state index is 11.6. The van der Waals surface area contributed by atoms with Crippen molar-refractivity contribution in [1.29, 1.82) is 0 Å². The molecule has 21 heavy (non-hydrogen) atoms. The van der Waals surface area contributed by atoms with Crippen molar-refractivity contribution >= 4 is 23.4 Å². The largest absolute Gasteiger partial charge is 0.444 e. The second-order valence-corrected chi connectivity index (χ2v) is 5.21. The zero-order valence-corrected chi connectivity index (χ0v) is 12.0. The minimum atomic E-state index is -0.711. The van der Waals surface area contributed by atoms with Crippen LogP contribution in [-0.4, -0.2) is 29.1 Å². The fourth-order valence-electron chi connectivity index (χ4n) is 1.37. The van der Waals surface area contributed by atoms with E-state index in [1.807, 2.05) is 0 Å². The van der Waals surface area contributed by atoms with Crippen LogP contribution in [0.1, 0.15) is 20.8 Å². The molecule has 8 nitrogen and oxygen atoms in total. The normalized spacial score (nSPS) is 10.6. The first-order chi connectivity index (χ1) is 9.67. The molecule has 1 aromatic carbocycles. The van der Waals surface area contributed by atoms with E-state index in [-0.39, 0.29) is 17.9 Å². The van der Waals surface area contributed by atoms with Gasteiger partial charge in [0.2, 0.25) is 5.91 Å². The van der Waals surface area contributed by atoms with Gasteiger partial charge >= 0.3 is 6.09 Å². The van der Waals surface area contributed by atoms with E-state index < -0.39 is 22.5 Å². The number of nitro benzene ring substituents is 1. The number of hydrogen-bond donors (Lipinski definition) is 2. The molecule has 8 heteroatoms. The summed E-state index contributed by atoms with van der Waals surface area (Å²) in [6.07, 6.45) is -0.711. The van der Waals surface area contributed by atoms with Crippen LogP contribution in [0.25, 0.3) is 0 Å². The number of nitrogens with zero attached hydrogens (tertiary/aromatic N) is 1. The number of carbonyl (C=O) groups excluding carboxylic acids is 2. The van der Waals surface area contributed by atoms with Crippen LogP contribution >= 0.6 is 0 Å². The van der Waals surface area contributed by atoms with Crippen molar-refractivity contribution in [3.63, 3.8) is 0 Å². The van der Waals surface area contributed by atoms with Gasteiger partial charge in [0.1, 0.15) is 12.1 Å². The first-order valence-electron chi connectivity index (χ1n) is 6.18. The van der Waals surface area contributed by atoms with E-state index in [4.69, 9.17) is 4.74 Å². The summed E-state index contributed by atoms with van der Waals surface area (Å²) in [5.74, 6) is -0.513. The maximum atomic E-state index is 11.6. The van der Waals surface area contributed by atoms with Gasteiger partial charge in [0.15, 0.2) is 0 Å². The average Bonchev–Trinajstić information content (AvgIpc) is 2.34. The number of nitrogens with one attached hydrogen (secondary N) is 2. The van der Waals surface area contributed by atoms with Gasteiger partial charge in [0, 0.05) is 17.8 Å². The first-order valence-corrected chi connectivity index (χ1v) is 6.18. The molecule has 2 amide bonds. The van der Waals surface area contributed by atoms with Crippen molar-refractivity contribution in [2.24, 2.45) is 0 Å². The lowest BCUT2D eigenvalue weighted by molar-refractivity contribution is -0.384. The van der Waals surface area contributed by atoms with Crippen LogP contribution in [0.3, 0.4) is 0 Å². The Bertz CT molecular complexity index is 551. The molecule has 0 aliphatic carbocycles. The number of alkyl carbamates (subject to hydrolysis) is 1. The van der Waals surface area contributed by atoms with Crippen molar-refractivity contribution in [3.05, 3.63) is 34.4 Å². The predicted octanol–water partition coefficient (Wildman–Crippen LogP) is 2.06. The van der Waals surface area contributed by atoms with Crippen LogP contribution in [0.4, 0.5) is 16.2 Å².